The maximum atomic E-state index is 15.7. The van der Waals surface area contributed by atoms with Crippen LogP contribution in [0.25, 0.3) is 16.8 Å². The molecule has 2 amide bonds. The minimum atomic E-state index is -0.644. The quantitative estimate of drug-likeness (QED) is 0.488. The number of carbonyl (C=O) groups excluding carboxylic acids is 1. The third-order valence-corrected chi connectivity index (χ3v) is 5.51. The fourth-order valence-corrected chi connectivity index (χ4v) is 3.94. The van der Waals surface area contributed by atoms with E-state index in [9.17, 15) is 4.79 Å². The van der Waals surface area contributed by atoms with E-state index in [0.717, 1.165) is 5.56 Å². The first kappa shape index (κ1) is 20.7. The van der Waals surface area contributed by atoms with E-state index >= 15 is 4.39 Å². The second-order valence-corrected chi connectivity index (χ2v) is 7.50. The molecule has 3 N–H and O–H groups in total. The highest BCUT2D eigenvalue weighted by molar-refractivity contribution is 5.92. The molecule has 1 aliphatic rings. The minimum Gasteiger partial charge on any atom is -0.494 e. The van der Waals surface area contributed by atoms with Crippen LogP contribution in [-0.2, 0) is 4.84 Å². The van der Waals surface area contributed by atoms with E-state index in [0.29, 0.717) is 24.2 Å². The summed E-state index contributed by atoms with van der Waals surface area (Å²) < 4.78 is 22.5. The van der Waals surface area contributed by atoms with Crippen molar-refractivity contribution >= 4 is 23.3 Å². The van der Waals surface area contributed by atoms with Gasteiger partial charge in [0, 0.05) is 18.2 Å². The van der Waals surface area contributed by atoms with Crippen molar-refractivity contribution in [1.82, 2.24) is 19.7 Å². The number of hydrogen-bond donors (Lipinski definition) is 2. The maximum absolute atomic E-state index is 15.7. The number of amides is 2. The number of nitrogens with zero attached hydrogens (tertiary/aromatic N) is 4. The molecule has 0 bridgehead atoms. The molecule has 0 unspecified atom stereocenters. The van der Waals surface area contributed by atoms with Crippen LogP contribution in [0.15, 0.2) is 60.8 Å². The van der Waals surface area contributed by atoms with Gasteiger partial charge in [0.25, 0.3) is 0 Å². The fraction of sp³-hybridized carbons (Fsp3) is 0.174. The van der Waals surface area contributed by atoms with Gasteiger partial charge < -0.3 is 15.8 Å². The Bertz CT molecular complexity index is 1330. The monoisotopic (exact) mass is 448 g/mol. The van der Waals surface area contributed by atoms with Gasteiger partial charge in [-0.1, -0.05) is 30.3 Å². The number of nitrogen functional groups attached to an aromatic ring is 1. The van der Waals surface area contributed by atoms with Gasteiger partial charge in [-0.25, -0.2) is 13.7 Å². The summed E-state index contributed by atoms with van der Waals surface area (Å²) in [5.41, 5.74) is 7.78. The van der Waals surface area contributed by atoms with Gasteiger partial charge >= 0.3 is 6.03 Å². The Kier molecular flexibility index (Phi) is 5.27. The van der Waals surface area contributed by atoms with E-state index in [2.05, 4.69) is 15.4 Å². The lowest BCUT2D eigenvalue weighted by molar-refractivity contribution is -0.0830. The van der Waals surface area contributed by atoms with Crippen LogP contribution in [0.3, 0.4) is 0 Å². The average Bonchev–Trinajstić information content (AvgIpc) is 3.46. The van der Waals surface area contributed by atoms with Crippen molar-refractivity contribution in [2.75, 3.05) is 24.8 Å². The Morgan fingerprint density at radius 1 is 1.24 bits per heavy atom. The van der Waals surface area contributed by atoms with Crippen molar-refractivity contribution < 1.29 is 18.8 Å². The van der Waals surface area contributed by atoms with Crippen LogP contribution in [0.4, 0.5) is 20.8 Å². The molecule has 1 aliphatic heterocycles. The summed E-state index contributed by atoms with van der Waals surface area (Å²) in [6.07, 6.45) is 2.27. The number of hydroxylamine groups is 2. The molecule has 168 valence electrons. The van der Waals surface area contributed by atoms with E-state index in [1.165, 1.54) is 16.7 Å². The first-order valence-electron chi connectivity index (χ1n) is 10.3. The Balaban J connectivity index is 1.47. The zero-order chi connectivity index (χ0) is 22.9. The van der Waals surface area contributed by atoms with Crippen LogP contribution in [0.1, 0.15) is 18.0 Å². The summed E-state index contributed by atoms with van der Waals surface area (Å²) in [7, 11) is 1.41. The molecule has 10 heteroatoms. The van der Waals surface area contributed by atoms with E-state index in [-0.39, 0.29) is 29.0 Å². The van der Waals surface area contributed by atoms with Gasteiger partial charge in [-0.3, -0.25) is 4.84 Å². The molecule has 0 radical (unpaired) electrons. The highest BCUT2D eigenvalue weighted by atomic mass is 19.1. The molecular weight excluding hydrogens is 427 g/mol. The molecule has 9 nitrogen and oxygen atoms in total. The van der Waals surface area contributed by atoms with Crippen molar-refractivity contribution in [2.45, 2.75) is 12.5 Å². The highest BCUT2D eigenvalue weighted by Crippen LogP contribution is 2.37. The normalized spacial score (nSPS) is 15.7. The zero-order valence-electron chi connectivity index (χ0n) is 17.7. The third kappa shape index (κ3) is 3.80. The number of hydrogen-bond acceptors (Lipinski definition) is 6. The first-order chi connectivity index (χ1) is 16.0. The van der Waals surface area contributed by atoms with Crippen LogP contribution in [0.2, 0.25) is 0 Å². The summed E-state index contributed by atoms with van der Waals surface area (Å²) in [6, 6.07) is 15.2. The Morgan fingerprint density at radius 2 is 2.06 bits per heavy atom. The molecule has 1 atom stereocenters. The number of anilines is 2. The molecule has 2 aromatic carbocycles. The third-order valence-electron chi connectivity index (χ3n) is 5.51. The van der Waals surface area contributed by atoms with Crippen LogP contribution in [0.5, 0.6) is 5.75 Å². The molecule has 1 fully saturated rings. The predicted octanol–water partition coefficient (Wildman–Crippen LogP) is 4.04. The Morgan fingerprint density at radius 3 is 2.85 bits per heavy atom. The second-order valence-electron chi connectivity index (χ2n) is 7.50. The number of pyridine rings is 1. The van der Waals surface area contributed by atoms with Crippen molar-refractivity contribution in [2.24, 2.45) is 0 Å². The number of nitrogens with one attached hydrogen (secondary N) is 1. The van der Waals surface area contributed by atoms with E-state index < -0.39 is 11.8 Å². The highest BCUT2D eigenvalue weighted by Gasteiger charge is 2.33. The van der Waals surface area contributed by atoms with Gasteiger partial charge in [0.1, 0.15) is 11.4 Å². The smallest absolute Gasteiger partial charge is 0.346 e. The summed E-state index contributed by atoms with van der Waals surface area (Å²) >= 11 is 0. The largest absolute Gasteiger partial charge is 0.494 e. The van der Waals surface area contributed by atoms with Crippen molar-refractivity contribution in [3.63, 3.8) is 0 Å². The maximum Gasteiger partial charge on any atom is 0.346 e. The standard InChI is InChI=1S/C23H21FN6O3/c1-32-18-8-7-16(15-9-11-29-19(13-15)26-22(25)28-29)20(24)21(18)27-23(31)30-17(10-12-33-30)14-5-3-2-4-6-14/h2-9,11,13,17H,10,12H2,1H3,(H2,25,28)(H,27,31)/t17-/m0/s1. The lowest BCUT2D eigenvalue weighted by Crippen LogP contribution is -2.34. The molecule has 1 saturated heterocycles. The van der Waals surface area contributed by atoms with Crippen LogP contribution < -0.4 is 15.8 Å². The van der Waals surface area contributed by atoms with Gasteiger partial charge in [0.15, 0.2) is 11.5 Å². The van der Waals surface area contributed by atoms with E-state index in [4.69, 9.17) is 15.3 Å². The second kappa shape index (κ2) is 8.40. The first-order valence-corrected chi connectivity index (χ1v) is 10.3. The van der Waals surface area contributed by atoms with Crippen molar-refractivity contribution in [1.29, 1.82) is 0 Å². The molecule has 3 heterocycles. The molecule has 2 aromatic heterocycles. The average molecular weight is 448 g/mol. The molecule has 4 aromatic rings. The molecule has 0 aliphatic carbocycles. The van der Waals surface area contributed by atoms with Crippen LogP contribution in [0, 0.1) is 5.82 Å². The number of urea groups is 1. The summed E-state index contributed by atoms with van der Waals surface area (Å²) in [4.78, 5) is 22.7. The van der Waals surface area contributed by atoms with Gasteiger partial charge in [0.05, 0.1) is 19.8 Å². The Hall–Kier alpha value is -4.18. The number of aromatic nitrogens is 3. The predicted molar refractivity (Wildman–Crippen MR) is 120 cm³/mol. The molecular formula is C23H21FN6O3. The summed E-state index contributed by atoms with van der Waals surface area (Å²) in [5, 5.41) is 7.90. The number of methoxy groups -OCH3 is 1. The van der Waals surface area contributed by atoms with Crippen molar-refractivity contribution in [3.05, 3.63) is 72.2 Å². The summed E-state index contributed by atoms with van der Waals surface area (Å²) in [6.45, 7) is 0.383. The molecule has 5 rings (SSSR count). The van der Waals surface area contributed by atoms with Crippen LogP contribution >= 0.6 is 0 Å². The zero-order valence-corrected chi connectivity index (χ0v) is 17.7. The van der Waals surface area contributed by atoms with E-state index in [1.807, 2.05) is 30.3 Å². The van der Waals surface area contributed by atoms with Crippen LogP contribution in [-0.4, -0.2) is 39.4 Å². The SMILES string of the molecule is COc1ccc(-c2ccn3nc(N)nc3c2)c(F)c1NC(=O)N1OCC[C@H]1c1ccccc1. The number of halogens is 1. The number of benzene rings is 2. The number of rotatable bonds is 4. The lowest BCUT2D eigenvalue weighted by atomic mass is 10.0. The Labute approximate surface area is 188 Å². The topological polar surface area (TPSA) is 107 Å². The van der Waals surface area contributed by atoms with Gasteiger partial charge in [-0.15, -0.1) is 5.10 Å². The number of carbonyl (C=O) groups is 1. The number of ether oxygens (including phenoxy) is 1. The number of fused-ring (bicyclic) bond motifs is 1. The van der Waals surface area contributed by atoms with Gasteiger partial charge in [0.2, 0.25) is 5.95 Å². The fourth-order valence-electron chi connectivity index (χ4n) is 3.94. The number of nitrogens with two attached hydrogens (primary N) is 1. The summed E-state index contributed by atoms with van der Waals surface area (Å²) in [5.74, 6) is -0.336. The van der Waals surface area contributed by atoms with Gasteiger partial charge in [-0.05, 0) is 35.4 Å². The molecule has 0 spiro atoms. The van der Waals surface area contributed by atoms with Crippen molar-refractivity contribution in [3.8, 4) is 16.9 Å². The van der Waals surface area contributed by atoms with E-state index in [1.54, 1.807) is 30.5 Å². The lowest BCUT2D eigenvalue weighted by Gasteiger charge is -2.24. The molecule has 0 saturated carbocycles. The molecule has 33 heavy (non-hydrogen) atoms. The van der Waals surface area contributed by atoms with Gasteiger partial charge in [-0.2, -0.15) is 10.0 Å². The minimum absolute atomic E-state index is 0.0804.